The summed E-state index contributed by atoms with van der Waals surface area (Å²) in [6, 6.07) is 1.81. The molecule has 0 aliphatic heterocycles. The maximum atomic E-state index is 4.08. The van der Waals surface area contributed by atoms with Gasteiger partial charge in [0.1, 0.15) is 0 Å². The summed E-state index contributed by atoms with van der Waals surface area (Å²) in [5.74, 6) is 0.703. The van der Waals surface area contributed by atoms with Crippen LogP contribution in [0.2, 0.25) is 0 Å². The van der Waals surface area contributed by atoms with Crippen molar-refractivity contribution in [2.75, 3.05) is 25.0 Å². The molecule has 5 heteroatoms. The fourth-order valence-electron chi connectivity index (χ4n) is 1.03. The topological polar surface area (TPSA) is 41.0 Å². The van der Waals surface area contributed by atoms with Gasteiger partial charge in [0.05, 0.1) is 0 Å². The van der Waals surface area contributed by atoms with Gasteiger partial charge in [-0.25, -0.2) is 13.1 Å². The monoisotopic (exact) mass is 306 g/mol. The number of rotatable bonds is 6. The van der Waals surface area contributed by atoms with Crippen LogP contribution in [0.1, 0.15) is 13.3 Å². The molecule has 1 N–H and O–H groups in total. The predicted molar refractivity (Wildman–Crippen MR) is 66.4 cm³/mol. The first-order valence-electron chi connectivity index (χ1n) is 4.74. The van der Waals surface area contributed by atoms with Gasteiger partial charge in [0.2, 0.25) is 5.95 Å². The molecule has 0 radical (unpaired) electrons. The van der Waals surface area contributed by atoms with Crippen molar-refractivity contribution in [1.29, 1.82) is 0 Å². The molecule has 1 heterocycles. The quantitative estimate of drug-likeness (QED) is 0.644. The molecule has 0 aromatic carbocycles. The third-order valence-electron chi connectivity index (χ3n) is 1.67. The minimum Gasteiger partial charge on any atom is -0.353 e. The van der Waals surface area contributed by atoms with Crippen LogP contribution in [-0.2, 0) is 0 Å². The largest absolute Gasteiger partial charge is 0.353 e. The highest BCUT2D eigenvalue weighted by Crippen LogP contribution is 2.00. The molecule has 0 fully saturated rings. The Hall–Kier alpha value is -0.430. The summed E-state index contributed by atoms with van der Waals surface area (Å²) in [5, 5.41) is 3.17. The number of hydrogen-bond acceptors (Lipinski definition) is 4. The molecule has 78 valence electrons. The summed E-state index contributed by atoms with van der Waals surface area (Å²) in [6.45, 7) is 5.19. The lowest BCUT2D eigenvalue weighted by atomic mass is 10.5. The standard InChI is InChI=1S/C9H15IN4/c1-2-7-14(10)8-6-13-9-11-4-3-5-12-9/h3-5H,2,6-8H2,1H3,(H,11,12,13). The Labute approximate surface area is 98.6 Å². The number of aromatic nitrogens is 2. The fraction of sp³-hybridized carbons (Fsp3) is 0.556. The van der Waals surface area contributed by atoms with Crippen LogP contribution in [0.25, 0.3) is 0 Å². The van der Waals surface area contributed by atoms with Crippen LogP contribution in [0.4, 0.5) is 5.95 Å². The summed E-state index contributed by atoms with van der Waals surface area (Å²) < 4.78 is 2.26. The fourth-order valence-corrected chi connectivity index (χ4v) is 1.76. The summed E-state index contributed by atoms with van der Waals surface area (Å²) >= 11 is 2.34. The van der Waals surface area contributed by atoms with E-state index < -0.39 is 0 Å². The molecule has 0 aliphatic rings. The number of nitrogens with one attached hydrogen (secondary N) is 1. The first-order valence-corrected chi connectivity index (χ1v) is 5.71. The van der Waals surface area contributed by atoms with Crippen molar-refractivity contribution >= 4 is 28.8 Å². The Kier molecular flexibility index (Phi) is 5.77. The summed E-state index contributed by atoms with van der Waals surface area (Å²) in [4.78, 5) is 8.16. The molecule has 1 rings (SSSR count). The second kappa shape index (κ2) is 6.94. The van der Waals surface area contributed by atoms with Gasteiger partial charge in [0.25, 0.3) is 0 Å². The normalized spacial score (nSPS) is 10.5. The lowest BCUT2D eigenvalue weighted by molar-refractivity contribution is 0.521. The van der Waals surface area contributed by atoms with Gasteiger partial charge in [0.15, 0.2) is 0 Å². The number of nitrogens with zero attached hydrogens (tertiary/aromatic N) is 3. The Morgan fingerprint density at radius 1 is 1.36 bits per heavy atom. The van der Waals surface area contributed by atoms with Crippen LogP contribution in [0, 0.1) is 0 Å². The predicted octanol–water partition coefficient (Wildman–Crippen LogP) is 1.95. The summed E-state index contributed by atoms with van der Waals surface area (Å²) in [5.41, 5.74) is 0. The Bertz CT molecular complexity index is 242. The molecule has 1 aromatic heterocycles. The van der Waals surface area contributed by atoms with Crippen LogP contribution < -0.4 is 5.32 Å². The lowest BCUT2D eigenvalue weighted by Crippen LogP contribution is -2.21. The van der Waals surface area contributed by atoms with E-state index >= 15 is 0 Å². The number of anilines is 1. The molecular weight excluding hydrogens is 291 g/mol. The van der Waals surface area contributed by atoms with Crippen LogP contribution in [0.15, 0.2) is 18.5 Å². The van der Waals surface area contributed by atoms with Gasteiger partial charge < -0.3 is 5.32 Å². The Morgan fingerprint density at radius 3 is 2.71 bits per heavy atom. The van der Waals surface area contributed by atoms with E-state index in [4.69, 9.17) is 0 Å². The molecule has 0 spiro atoms. The van der Waals surface area contributed by atoms with Crippen molar-refractivity contribution in [2.24, 2.45) is 0 Å². The van der Waals surface area contributed by atoms with E-state index in [1.807, 2.05) is 6.07 Å². The van der Waals surface area contributed by atoms with Crippen molar-refractivity contribution in [1.82, 2.24) is 13.1 Å². The SMILES string of the molecule is CCCN(I)CCNc1ncccn1. The lowest BCUT2D eigenvalue weighted by Gasteiger charge is -2.12. The van der Waals surface area contributed by atoms with Crippen molar-refractivity contribution in [3.05, 3.63) is 18.5 Å². The van der Waals surface area contributed by atoms with Gasteiger partial charge in [-0.1, -0.05) is 6.92 Å². The molecule has 0 aliphatic carbocycles. The highest BCUT2D eigenvalue weighted by Gasteiger charge is 1.98. The van der Waals surface area contributed by atoms with E-state index in [1.165, 1.54) is 6.42 Å². The van der Waals surface area contributed by atoms with E-state index in [2.05, 4.69) is 48.2 Å². The van der Waals surface area contributed by atoms with Gasteiger partial charge >= 0.3 is 0 Å². The zero-order valence-electron chi connectivity index (χ0n) is 8.28. The molecule has 0 saturated heterocycles. The first-order chi connectivity index (χ1) is 6.83. The third-order valence-corrected chi connectivity index (χ3v) is 2.63. The molecule has 1 aromatic rings. The number of halogens is 1. The van der Waals surface area contributed by atoms with Crippen LogP contribution >= 0.6 is 22.9 Å². The van der Waals surface area contributed by atoms with E-state index in [9.17, 15) is 0 Å². The molecule has 0 bridgehead atoms. The van der Waals surface area contributed by atoms with Crippen molar-refractivity contribution in [2.45, 2.75) is 13.3 Å². The van der Waals surface area contributed by atoms with E-state index in [-0.39, 0.29) is 0 Å². The molecule has 0 saturated carbocycles. The molecule has 0 unspecified atom stereocenters. The minimum absolute atomic E-state index is 0.703. The maximum Gasteiger partial charge on any atom is 0.222 e. The first kappa shape index (κ1) is 11.6. The second-order valence-corrected chi connectivity index (χ2v) is 4.27. The van der Waals surface area contributed by atoms with E-state index in [1.54, 1.807) is 12.4 Å². The van der Waals surface area contributed by atoms with Gasteiger partial charge in [-0.05, 0) is 12.5 Å². The van der Waals surface area contributed by atoms with Crippen molar-refractivity contribution in [3.8, 4) is 0 Å². The summed E-state index contributed by atoms with van der Waals surface area (Å²) in [7, 11) is 0. The average molecular weight is 306 g/mol. The average Bonchev–Trinajstić information content (AvgIpc) is 2.20. The zero-order valence-corrected chi connectivity index (χ0v) is 10.4. The summed E-state index contributed by atoms with van der Waals surface area (Å²) in [6.07, 6.45) is 4.66. The molecule has 0 amide bonds. The molecule has 14 heavy (non-hydrogen) atoms. The third kappa shape index (κ3) is 4.71. The molecule has 0 atom stereocenters. The van der Waals surface area contributed by atoms with Crippen molar-refractivity contribution < 1.29 is 0 Å². The highest BCUT2D eigenvalue weighted by atomic mass is 127. The van der Waals surface area contributed by atoms with E-state index in [0.29, 0.717) is 5.95 Å². The van der Waals surface area contributed by atoms with Gasteiger partial charge in [-0.2, -0.15) is 0 Å². The van der Waals surface area contributed by atoms with Gasteiger partial charge in [0, 0.05) is 54.9 Å². The number of hydrogen-bond donors (Lipinski definition) is 1. The minimum atomic E-state index is 0.703. The van der Waals surface area contributed by atoms with Gasteiger partial charge in [-0.3, -0.25) is 0 Å². The Balaban J connectivity index is 2.16. The Morgan fingerprint density at radius 2 is 2.07 bits per heavy atom. The maximum absolute atomic E-state index is 4.08. The van der Waals surface area contributed by atoms with E-state index in [0.717, 1.165) is 19.6 Å². The van der Waals surface area contributed by atoms with Gasteiger partial charge in [-0.15, -0.1) is 0 Å². The van der Waals surface area contributed by atoms with Crippen LogP contribution in [-0.4, -0.2) is 32.7 Å². The molecule has 4 nitrogen and oxygen atoms in total. The van der Waals surface area contributed by atoms with Crippen LogP contribution in [0.5, 0.6) is 0 Å². The van der Waals surface area contributed by atoms with Crippen molar-refractivity contribution in [3.63, 3.8) is 0 Å². The van der Waals surface area contributed by atoms with Crippen LogP contribution in [0.3, 0.4) is 0 Å². The highest BCUT2D eigenvalue weighted by molar-refractivity contribution is 14.1. The smallest absolute Gasteiger partial charge is 0.222 e. The zero-order chi connectivity index (χ0) is 10.2. The molecular formula is C9H15IN4. The second-order valence-electron chi connectivity index (χ2n) is 2.91.